The Kier molecular flexibility index (Phi) is 3.72. The Bertz CT molecular complexity index is 529. The van der Waals surface area contributed by atoms with E-state index >= 15 is 0 Å². The molecule has 1 aromatic heterocycles. The minimum absolute atomic E-state index is 0.257. The van der Waals surface area contributed by atoms with Crippen LogP contribution in [0.3, 0.4) is 0 Å². The van der Waals surface area contributed by atoms with Crippen molar-refractivity contribution in [1.29, 1.82) is 0 Å². The van der Waals surface area contributed by atoms with Crippen LogP contribution in [-0.4, -0.2) is 12.1 Å². The van der Waals surface area contributed by atoms with Crippen molar-refractivity contribution in [3.63, 3.8) is 0 Å². The smallest absolute Gasteiger partial charge is 0.212 e. The van der Waals surface area contributed by atoms with Crippen LogP contribution in [0.25, 0.3) is 0 Å². The lowest BCUT2D eigenvalue weighted by molar-refractivity contribution is 0.397. The van der Waals surface area contributed by atoms with Gasteiger partial charge in [-0.25, -0.2) is 13.8 Å². The van der Waals surface area contributed by atoms with Gasteiger partial charge in [-0.05, 0) is 17.7 Å². The van der Waals surface area contributed by atoms with E-state index in [0.717, 1.165) is 11.6 Å². The molecule has 0 amide bonds. The van der Waals surface area contributed by atoms with Crippen molar-refractivity contribution >= 4 is 5.69 Å². The Hall–Kier alpha value is -2.17. The van der Waals surface area contributed by atoms with Crippen LogP contribution in [0.2, 0.25) is 0 Å². The highest BCUT2D eigenvalue weighted by Crippen LogP contribution is 2.16. The van der Waals surface area contributed by atoms with E-state index in [1.54, 1.807) is 12.3 Å². The van der Waals surface area contributed by atoms with Gasteiger partial charge >= 0.3 is 0 Å². The summed E-state index contributed by atoms with van der Waals surface area (Å²) in [5.74, 6) is -0.688. The number of rotatable bonds is 4. The topological polar surface area (TPSA) is 34.1 Å². The molecule has 0 aliphatic rings. The second-order valence-electron chi connectivity index (χ2n) is 3.69. The Morgan fingerprint density at radius 2 is 2.06 bits per heavy atom. The molecular formula is C13H12F2N2O. The number of hydrogen-bond donors (Lipinski definition) is 1. The van der Waals surface area contributed by atoms with Gasteiger partial charge in [-0.2, -0.15) is 0 Å². The molecule has 0 fully saturated rings. The SMILES string of the molecule is COc1ccc(CNc2ccc(F)cc2F)cn1. The van der Waals surface area contributed by atoms with Crippen LogP contribution < -0.4 is 10.1 Å². The first-order chi connectivity index (χ1) is 8.69. The van der Waals surface area contributed by atoms with Crippen molar-refractivity contribution in [1.82, 2.24) is 4.98 Å². The van der Waals surface area contributed by atoms with E-state index in [9.17, 15) is 8.78 Å². The molecule has 1 N–H and O–H groups in total. The van der Waals surface area contributed by atoms with Gasteiger partial charge in [0.2, 0.25) is 5.88 Å². The van der Waals surface area contributed by atoms with Crippen molar-refractivity contribution < 1.29 is 13.5 Å². The lowest BCUT2D eigenvalue weighted by atomic mass is 10.2. The summed E-state index contributed by atoms with van der Waals surface area (Å²) >= 11 is 0. The molecule has 1 heterocycles. The summed E-state index contributed by atoms with van der Waals surface area (Å²) in [5.41, 5.74) is 1.13. The Morgan fingerprint density at radius 1 is 1.22 bits per heavy atom. The second kappa shape index (κ2) is 5.44. The predicted octanol–water partition coefficient (Wildman–Crippen LogP) is 2.98. The number of pyridine rings is 1. The first-order valence-electron chi connectivity index (χ1n) is 5.37. The third-order valence-electron chi connectivity index (χ3n) is 2.42. The molecule has 5 heteroatoms. The lowest BCUT2D eigenvalue weighted by Gasteiger charge is -2.07. The van der Waals surface area contributed by atoms with Crippen molar-refractivity contribution in [3.8, 4) is 5.88 Å². The van der Waals surface area contributed by atoms with E-state index in [2.05, 4.69) is 10.3 Å². The van der Waals surface area contributed by atoms with Gasteiger partial charge < -0.3 is 10.1 Å². The van der Waals surface area contributed by atoms with Crippen LogP contribution >= 0.6 is 0 Å². The highest BCUT2D eigenvalue weighted by atomic mass is 19.1. The zero-order chi connectivity index (χ0) is 13.0. The maximum Gasteiger partial charge on any atom is 0.212 e. The molecule has 0 saturated carbocycles. The molecule has 0 aliphatic heterocycles. The van der Waals surface area contributed by atoms with Gasteiger partial charge in [-0.15, -0.1) is 0 Å². The minimum Gasteiger partial charge on any atom is -0.481 e. The maximum absolute atomic E-state index is 13.3. The third-order valence-corrected chi connectivity index (χ3v) is 2.42. The van der Waals surface area contributed by atoms with E-state index in [-0.39, 0.29) is 5.69 Å². The number of anilines is 1. The fraction of sp³-hybridized carbons (Fsp3) is 0.154. The van der Waals surface area contributed by atoms with Crippen LogP contribution in [-0.2, 0) is 6.54 Å². The predicted molar refractivity (Wildman–Crippen MR) is 64.5 cm³/mol. The summed E-state index contributed by atoms with van der Waals surface area (Å²) in [7, 11) is 1.54. The van der Waals surface area contributed by atoms with Crippen molar-refractivity contribution in [2.75, 3.05) is 12.4 Å². The van der Waals surface area contributed by atoms with E-state index < -0.39 is 11.6 Å². The first kappa shape index (κ1) is 12.3. The molecule has 0 aliphatic carbocycles. The van der Waals surface area contributed by atoms with Gasteiger partial charge in [0.15, 0.2) is 0 Å². The Balaban J connectivity index is 2.02. The average Bonchev–Trinajstić information content (AvgIpc) is 2.38. The minimum atomic E-state index is -0.614. The summed E-state index contributed by atoms with van der Waals surface area (Å²) < 4.78 is 31.0. The van der Waals surface area contributed by atoms with Crippen LogP contribution in [0.1, 0.15) is 5.56 Å². The molecule has 2 rings (SSSR count). The van der Waals surface area contributed by atoms with Crippen LogP contribution in [0, 0.1) is 11.6 Å². The molecule has 0 bridgehead atoms. The molecule has 0 saturated heterocycles. The number of nitrogens with one attached hydrogen (secondary N) is 1. The molecule has 0 atom stereocenters. The van der Waals surface area contributed by atoms with Crippen molar-refractivity contribution in [2.24, 2.45) is 0 Å². The monoisotopic (exact) mass is 250 g/mol. The van der Waals surface area contributed by atoms with Crippen molar-refractivity contribution in [2.45, 2.75) is 6.54 Å². The van der Waals surface area contributed by atoms with E-state index in [1.165, 1.54) is 19.2 Å². The van der Waals surface area contributed by atoms with Gasteiger partial charge in [0.1, 0.15) is 11.6 Å². The lowest BCUT2D eigenvalue weighted by Crippen LogP contribution is -2.02. The molecule has 0 spiro atoms. The average molecular weight is 250 g/mol. The van der Waals surface area contributed by atoms with E-state index in [4.69, 9.17) is 4.74 Å². The number of aromatic nitrogens is 1. The Labute approximate surface area is 103 Å². The quantitative estimate of drug-likeness (QED) is 0.905. The number of hydrogen-bond acceptors (Lipinski definition) is 3. The number of methoxy groups -OCH3 is 1. The molecule has 94 valence electrons. The normalized spacial score (nSPS) is 10.2. The number of ether oxygens (including phenoxy) is 1. The van der Waals surface area contributed by atoms with Gasteiger partial charge in [-0.3, -0.25) is 0 Å². The maximum atomic E-state index is 13.3. The summed E-state index contributed by atoms with van der Waals surface area (Å²) in [6.07, 6.45) is 1.63. The fourth-order valence-electron chi connectivity index (χ4n) is 1.47. The largest absolute Gasteiger partial charge is 0.481 e. The molecule has 0 radical (unpaired) electrons. The first-order valence-corrected chi connectivity index (χ1v) is 5.37. The molecular weight excluding hydrogens is 238 g/mol. The number of benzene rings is 1. The van der Waals surface area contributed by atoms with Gasteiger partial charge in [0.25, 0.3) is 0 Å². The van der Waals surface area contributed by atoms with Crippen molar-refractivity contribution in [3.05, 3.63) is 53.7 Å². The third kappa shape index (κ3) is 2.94. The van der Waals surface area contributed by atoms with Crippen LogP contribution in [0.15, 0.2) is 36.5 Å². The van der Waals surface area contributed by atoms with E-state index in [0.29, 0.717) is 12.4 Å². The number of halogens is 2. The summed E-state index contributed by atoms with van der Waals surface area (Å²) in [4.78, 5) is 4.03. The molecule has 2 aromatic rings. The summed E-state index contributed by atoms with van der Waals surface area (Å²) in [5, 5.41) is 2.87. The second-order valence-corrected chi connectivity index (χ2v) is 3.69. The highest BCUT2D eigenvalue weighted by Gasteiger charge is 2.03. The summed E-state index contributed by atoms with van der Waals surface area (Å²) in [6.45, 7) is 0.402. The van der Waals surface area contributed by atoms with Gasteiger partial charge in [-0.1, -0.05) is 6.07 Å². The van der Waals surface area contributed by atoms with E-state index in [1.807, 2.05) is 6.07 Å². The molecule has 18 heavy (non-hydrogen) atoms. The zero-order valence-electron chi connectivity index (χ0n) is 9.78. The zero-order valence-corrected chi connectivity index (χ0v) is 9.78. The van der Waals surface area contributed by atoms with Gasteiger partial charge in [0, 0.05) is 24.9 Å². The Morgan fingerprint density at radius 3 is 2.67 bits per heavy atom. The van der Waals surface area contributed by atoms with Crippen LogP contribution in [0.4, 0.5) is 14.5 Å². The standard InChI is InChI=1S/C13H12F2N2O/c1-18-13-5-2-9(8-17-13)7-16-12-4-3-10(14)6-11(12)15/h2-6,8,16H,7H2,1H3. The number of nitrogens with zero attached hydrogens (tertiary/aromatic N) is 1. The fourth-order valence-corrected chi connectivity index (χ4v) is 1.47. The summed E-state index contributed by atoms with van der Waals surface area (Å²) in [6, 6.07) is 6.95. The molecule has 0 unspecified atom stereocenters. The molecule has 1 aromatic carbocycles. The molecule has 3 nitrogen and oxygen atoms in total. The van der Waals surface area contributed by atoms with Gasteiger partial charge in [0.05, 0.1) is 12.8 Å². The van der Waals surface area contributed by atoms with Crippen LogP contribution in [0.5, 0.6) is 5.88 Å². The highest BCUT2D eigenvalue weighted by molar-refractivity contribution is 5.45.